The van der Waals surface area contributed by atoms with Gasteiger partial charge in [0.1, 0.15) is 17.6 Å². The lowest BCUT2D eigenvalue weighted by Gasteiger charge is -2.31. The number of nitrogens with zero attached hydrogens (tertiary/aromatic N) is 1. The van der Waals surface area contributed by atoms with Gasteiger partial charge in [-0.3, -0.25) is 9.59 Å². The van der Waals surface area contributed by atoms with Crippen LogP contribution in [-0.4, -0.2) is 35.9 Å². The Labute approximate surface area is 210 Å². The molecule has 0 spiro atoms. The molecule has 7 heteroatoms. The summed E-state index contributed by atoms with van der Waals surface area (Å²) in [6.07, 6.45) is 0.341. The molecule has 0 saturated heterocycles. The number of halogens is 2. The van der Waals surface area contributed by atoms with E-state index in [4.69, 9.17) is 16.3 Å². The molecule has 5 nitrogen and oxygen atoms in total. The standard InChI is InChI=1S/C28H30ClFN2O3/c1-20(2)17-31-28(34)26(16-21-7-4-3-5-8-21)32(18-22-9-6-10-23(29)15-22)27(33)19-35-25-13-11-24(30)12-14-25/h3-15,20,26H,16-19H2,1-2H3,(H,31,34). The second kappa shape index (κ2) is 12.9. The number of carbonyl (C=O) groups excluding carboxylic acids is 2. The van der Waals surface area contributed by atoms with E-state index in [2.05, 4.69) is 5.32 Å². The van der Waals surface area contributed by atoms with Crippen molar-refractivity contribution in [3.05, 3.63) is 101 Å². The average molecular weight is 497 g/mol. The van der Waals surface area contributed by atoms with Gasteiger partial charge < -0.3 is 15.0 Å². The van der Waals surface area contributed by atoms with Crippen LogP contribution in [0, 0.1) is 11.7 Å². The van der Waals surface area contributed by atoms with Crippen molar-refractivity contribution in [3.8, 4) is 5.75 Å². The van der Waals surface area contributed by atoms with Crippen molar-refractivity contribution in [1.29, 1.82) is 0 Å². The zero-order valence-electron chi connectivity index (χ0n) is 19.9. The van der Waals surface area contributed by atoms with Crippen LogP contribution in [0.1, 0.15) is 25.0 Å². The molecule has 0 aliphatic rings. The van der Waals surface area contributed by atoms with Gasteiger partial charge in [-0.05, 0) is 53.4 Å². The summed E-state index contributed by atoms with van der Waals surface area (Å²) in [5, 5.41) is 3.52. The van der Waals surface area contributed by atoms with Crippen molar-refractivity contribution in [2.75, 3.05) is 13.2 Å². The van der Waals surface area contributed by atoms with E-state index in [-0.39, 0.29) is 30.9 Å². The number of ether oxygens (including phenoxy) is 1. The second-order valence-corrected chi connectivity index (χ2v) is 9.18. The highest BCUT2D eigenvalue weighted by Gasteiger charge is 2.30. The number of nitrogens with one attached hydrogen (secondary N) is 1. The van der Waals surface area contributed by atoms with Gasteiger partial charge >= 0.3 is 0 Å². The first-order valence-electron chi connectivity index (χ1n) is 11.6. The van der Waals surface area contributed by atoms with Gasteiger partial charge in [-0.25, -0.2) is 4.39 Å². The first-order valence-corrected chi connectivity index (χ1v) is 11.9. The lowest BCUT2D eigenvalue weighted by atomic mass is 10.0. The third kappa shape index (κ3) is 8.41. The monoisotopic (exact) mass is 496 g/mol. The summed E-state index contributed by atoms with van der Waals surface area (Å²) in [4.78, 5) is 28.3. The lowest BCUT2D eigenvalue weighted by Crippen LogP contribution is -2.52. The zero-order chi connectivity index (χ0) is 25.2. The Bertz CT molecular complexity index is 1110. The highest BCUT2D eigenvalue weighted by Crippen LogP contribution is 2.18. The van der Waals surface area contributed by atoms with Crippen LogP contribution in [0.25, 0.3) is 0 Å². The predicted octanol–water partition coefficient (Wildman–Crippen LogP) is 5.27. The van der Waals surface area contributed by atoms with Crippen LogP contribution in [0.3, 0.4) is 0 Å². The minimum Gasteiger partial charge on any atom is -0.484 e. The lowest BCUT2D eigenvalue weighted by molar-refractivity contribution is -0.142. The van der Waals surface area contributed by atoms with E-state index in [0.29, 0.717) is 23.7 Å². The van der Waals surface area contributed by atoms with Gasteiger partial charge in [0.05, 0.1) is 0 Å². The predicted molar refractivity (Wildman–Crippen MR) is 136 cm³/mol. The maximum absolute atomic E-state index is 13.5. The van der Waals surface area contributed by atoms with Crippen LogP contribution in [0.2, 0.25) is 5.02 Å². The quantitative estimate of drug-likeness (QED) is 0.393. The summed E-state index contributed by atoms with van der Waals surface area (Å²) in [6, 6.07) is 21.4. The topological polar surface area (TPSA) is 58.6 Å². The first kappa shape index (κ1) is 26.2. The summed E-state index contributed by atoms with van der Waals surface area (Å²) in [7, 11) is 0. The van der Waals surface area contributed by atoms with Crippen molar-refractivity contribution in [3.63, 3.8) is 0 Å². The summed E-state index contributed by atoms with van der Waals surface area (Å²) in [6.45, 7) is 4.40. The van der Waals surface area contributed by atoms with Gasteiger partial charge in [0.15, 0.2) is 6.61 Å². The van der Waals surface area contributed by atoms with Gasteiger partial charge in [0.25, 0.3) is 5.91 Å². The van der Waals surface area contributed by atoms with Gasteiger partial charge in [0, 0.05) is 24.5 Å². The molecule has 35 heavy (non-hydrogen) atoms. The summed E-state index contributed by atoms with van der Waals surface area (Å²) < 4.78 is 18.9. The van der Waals surface area contributed by atoms with Crippen LogP contribution < -0.4 is 10.1 Å². The molecule has 0 bridgehead atoms. The maximum atomic E-state index is 13.5. The van der Waals surface area contributed by atoms with Crippen molar-refractivity contribution >= 4 is 23.4 Å². The molecule has 1 N–H and O–H groups in total. The molecule has 3 aromatic carbocycles. The van der Waals surface area contributed by atoms with Crippen LogP contribution in [-0.2, 0) is 22.6 Å². The van der Waals surface area contributed by atoms with Crippen molar-refractivity contribution in [2.45, 2.75) is 32.9 Å². The van der Waals surface area contributed by atoms with E-state index in [0.717, 1.165) is 11.1 Å². The zero-order valence-corrected chi connectivity index (χ0v) is 20.7. The van der Waals surface area contributed by atoms with Gasteiger partial charge in [0.2, 0.25) is 5.91 Å². The average Bonchev–Trinajstić information content (AvgIpc) is 2.85. The highest BCUT2D eigenvalue weighted by molar-refractivity contribution is 6.30. The molecule has 0 radical (unpaired) electrons. The molecule has 2 amide bonds. The van der Waals surface area contributed by atoms with Gasteiger partial charge in [-0.15, -0.1) is 0 Å². The molecule has 184 valence electrons. The Balaban J connectivity index is 1.89. The third-order valence-corrected chi connectivity index (χ3v) is 5.61. The molecule has 0 aliphatic heterocycles. The Kier molecular flexibility index (Phi) is 9.67. The molecule has 0 saturated carbocycles. The number of hydrogen-bond acceptors (Lipinski definition) is 3. The smallest absolute Gasteiger partial charge is 0.261 e. The number of rotatable bonds is 11. The third-order valence-electron chi connectivity index (χ3n) is 5.37. The Hall–Kier alpha value is -3.38. The highest BCUT2D eigenvalue weighted by atomic mass is 35.5. The second-order valence-electron chi connectivity index (χ2n) is 8.74. The van der Waals surface area contributed by atoms with E-state index < -0.39 is 11.9 Å². The number of benzene rings is 3. The molecule has 3 aromatic rings. The van der Waals surface area contributed by atoms with E-state index in [1.54, 1.807) is 18.2 Å². The fourth-order valence-electron chi connectivity index (χ4n) is 3.57. The fourth-order valence-corrected chi connectivity index (χ4v) is 3.78. The molecule has 0 aliphatic carbocycles. The van der Waals surface area contributed by atoms with Gasteiger partial charge in [-0.1, -0.05) is 67.9 Å². The fraction of sp³-hybridized carbons (Fsp3) is 0.286. The van der Waals surface area contributed by atoms with E-state index in [9.17, 15) is 14.0 Å². The Morgan fingerprint density at radius 3 is 2.31 bits per heavy atom. The number of amides is 2. The Morgan fingerprint density at radius 2 is 1.66 bits per heavy atom. The number of carbonyl (C=O) groups is 2. The summed E-state index contributed by atoms with van der Waals surface area (Å²) >= 11 is 6.18. The van der Waals surface area contributed by atoms with Crippen LogP contribution in [0.5, 0.6) is 5.75 Å². The minimum absolute atomic E-state index is 0.179. The SMILES string of the molecule is CC(C)CNC(=O)C(Cc1ccccc1)N(Cc1cccc(Cl)c1)C(=O)COc1ccc(F)cc1. The van der Waals surface area contributed by atoms with Crippen molar-refractivity contribution in [1.82, 2.24) is 10.2 Å². The van der Waals surface area contributed by atoms with E-state index in [1.165, 1.54) is 29.2 Å². The minimum atomic E-state index is -0.764. The van der Waals surface area contributed by atoms with Crippen LogP contribution in [0.15, 0.2) is 78.9 Å². The molecular weight excluding hydrogens is 467 g/mol. The summed E-state index contributed by atoms with van der Waals surface area (Å²) in [5.41, 5.74) is 1.72. The first-order chi connectivity index (χ1) is 16.8. The summed E-state index contributed by atoms with van der Waals surface area (Å²) in [5.74, 6) is -0.368. The van der Waals surface area contributed by atoms with E-state index in [1.807, 2.05) is 50.2 Å². The van der Waals surface area contributed by atoms with E-state index >= 15 is 0 Å². The molecule has 0 aromatic heterocycles. The normalized spacial score (nSPS) is 11.7. The maximum Gasteiger partial charge on any atom is 0.261 e. The molecule has 1 unspecified atom stereocenters. The molecule has 0 heterocycles. The van der Waals surface area contributed by atoms with Crippen LogP contribution >= 0.6 is 11.6 Å². The van der Waals surface area contributed by atoms with Gasteiger partial charge in [-0.2, -0.15) is 0 Å². The van der Waals surface area contributed by atoms with Crippen LogP contribution in [0.4, 0.5) is 4.39 Å². The largest absolute Gasteiger partial charge is 0.484 e. The molecule has 0 fully saturated rings. The van der Waals surface area contributed by atoms with Crippen molar-refractivity contribution in [2.24, 2.45) is 5.92 Å². The van der Waals surface area contributed by atoms with Crippen molar-refractivity contribution < 1.29 is 18.7 Å². The molecular formula is C28H30ClFN2O3. The molecule has 3 rings (SSSR count). The number of hydrogen-bond donors (Lipinski definition) is 1. The Morgan fingerprint density at radius 1 is 0.971 bits per heavy atom. The molecule has 1 atom stereocenters.